The number of hydrogen-bond acceptors (Lipinski definition) is 4. The van der Waals surface area contributed by atoms with Crippen LogP contribution in [-0.2, 0) is 4.79 Å². The molecule has 0 saturated carbocycles. The van der Waals surface area contributed by atoms with Crippen LogP contribution < -0.4 is 14.8 Å². The Morgan fingerprint density at radius 1 is 1.27 bits per heavy atom. The maximum absolute atomic E-state index is 12.7. The van der Waals surface area contributed by atoms with Crippen LogP contribution >= 0.6 is 0 Å². The summed E-state index contributed by atoms with van der Waals surface area (Å²) in [7, 11) is 1.61. The Balaban J connectivity index is 2.16. The van der Waals surface area contributed by atoms with Crippen LogP contribution in [0.15, 0.2) is 18.2 Å². The molecule has 0 spiro atoms. The summed E-state index contributed by atoms with van der Waals surface area (Å²) < 4.78 is 10.6. The molecule has 1 amide bonds. The Bertz CT molecular complexity index is 556. The van der Waals surface area contributed by atoms with Crippen molar-refractivity contribution in [2.24, 2.45) is 11.8 Å². The lowest BCUT2D eigenvalue weighted by molar-refractivity contribution is -0.125. The monoisotopic (exact) mass is 305 g/mol. The lowest BCUT2D eigenvalue weighted by Crippen LogP contribution is -2.35. The van der Waals surface area contributed by atoms with Crippen molar-refractivity contribution in [3.8, 4) is 11.5 Å². The molecule has 5 nitrogen and oxygen atoms in total. The number of hydrogen-bond donors (Lipinski definition) is 1. The molecule has 1 heterocycles. The van der Waals surface area contributed by atoms with Gasteiger partial charge in [-0.3, -0.25) is 9.59 Å². The zero-order valence-electron chi connectivity index (χ0n) is 13.3. The molecule has 2 atom stereocenters. The molecule has 1 aromatic rings. The van der Waals surface area contributed by atoms with E-state index in [4.69, 9.17) is 9.47 Å². The van der Waals surface area contributed by atoms with Gasteiger partial charge in [0.15, 0.2) is 17.3 Å². The maximum Gasteiger partial charge on any atom is 0.231 e. The van der Waals surface area contributed by atoms with Crippen LogP contribution in [0.1, 0.15) is 43.5 Å². The molecule has 1 aromatic carbocycles. The van der Waals surface area contributed by atoms with Gasteiger partial charge in [-0.2, -0.15) is 0 Å². The van der Waals surface area contributed by atoms with Gasteiger partial charge < -0.3 is 14.8 Å². The summed E-state index contributed by atoms with van der Waals surface area (Å²) >= 11 is 0. The molecule has 2 rings (SSSR count). The van der Waals surface area contributed by atoms with Gasteiger partial charge >= 0.3 is 0 Å². The molecule has 0 saturated heterocycles. The molecule has 0 radical (unpaired) electrons. The number of rotatable bonds is 7. The van der Waals surface area contributed by atoms with Crippen molar-refractivity contribution in [1.82, 2.24) is 5.32 Å². The lowest BCUT2D eigenvalue weighted by atomic mass is 9.83. The van der Waals surface area contributed by atoms with E-state index in [-0.39, 0.29) is 30.3 Å². The van der Waals surface area contributed by atoms with E-state index in [9.17, 15) is 9.59 Å². The Labute approximate surface area is 131 Å². The summed E-state index contributed by atoms with van der Waals surface area (Å²) in [6.07, 6.45) is 2.64. The van der Waals surface area contributed by atoms with Crippen LogP contribution in [-0.4, -0.2) is 25.5 Å². The van der Waals surface area contributed by atoms with Gasteiger partial charge in [-0.25, -0.2) is 0 Å². The molecule has 1 aliphatic rings. The first-order valence-corrected chi connectivity index (χ1v) is 7.74. The standard InChI is InChI=1S/C17H23NO4/c1-4-5-6-13(17(20)18-3)11(2)16(19)12-7-8-14-15(9-12)22-10-21-14/h7-9,11,13H,4-6,10H2,1-3H3,(H,18,20). The first-order chi connectivity index (χ1) is 10.6. The van der Waals surface area contributed by atoms with Crippen molar-refractivity contribution in [1.29, 1.82) is 0 Å². The Kier molecular flexibility index (Phi) is 5.41. The van der Waals surface area contributed by atoms with Gasteiger partial charge in [-0.1, -0.05) is 26.7 Å². The average molecular weight is 305 g/mol. The second-order valence-corrected chi connectivity index (χ2v) is 5.58. The van der Waals surface area contributed by atoms with Crippen molar-refractivity contribution in [2.45, 2.75) is 33.1 Å². The molecule has 1 aliphatic heterocycles. The number of fused-ring (bicyclic) bond motifs is 1. The summed E-state index contributed by atoms with van der Waals surface area (Å²) in [4.78, 5) is 24.8. The van der Waals surface area contributed by atoms with E-state index >= 15 is 0 Å². The van der Waals surface area contributed by atoms with Gasteiger partial charge in [0.25, 0.3) is 0 Å². The molecule has 0 bridgehead atoms. The molecule has 1 N–H and O–H groups in total. The summed E-state index contributed by atoms with van der Waals surface area (Å²) in [5.41, 5.74) is 0.558. The third kappa shape index (κ3) is 3.40. The zero-order valence-corrected chi connectivity index (χ0v) is 13.3. The fourth-order valence-electron chi connectivity index (χ4n) is 2.71. The van der Waals surface area contributed by atoms with Crippen LogP contribution in [0.4, 0.5) is 0 Å². The minimum Gasteiger partial charge on any atom is -0.454 e. The fraction of sp³-hybridized carbons (Fsp3) is 0.529. The fourth-order valence-corrected chi connectivity index (χ4v) is 2.71. The molecule has 0 aromatic heterocycles. The minimum atomic E-state index is -0.369. The van der Waals surface area contributed by atoms with Crippen molar-refractivity contribution in [2.75, 3.05) is 13.8 Å². The molecule has 2 unspecified atom stereocenters. The third-order valence-corrected chi connectivity index (χ3v) is 4.13. The van der Waals surface area contributed by atoms with E-state index in [0.717, 1.165) is 12.8 Å². The number of carbonyl (C=O) groups excluding carboxylic acids is 2. The van der Waals surface area contributed by atoms with Crippen LogP contribution in [0.5, 0.6) is 11.5 Å². The molecule has 0 fully saturated rings. The van der Waals surface area contributed by atoms with Crippen molar-refractivity contribution < 1.29 is 19.1 Å². The highest BCUT2D eigenvalue weighted by molar-refractivity contribution is 6.00. The minimum absolute atomic E-state index is 0.0389. The maximum atomic E-state index is 12.7. The van der Waals surface area contributed by atoms with Gasteiger partial charge in [0, 0.05) is 24.4 Å². The predicted octanol–water partition coefficient (Wildman–Crippen LogP) is 2.79. The Morgan fingerprint density at radius 2 is 2.00 bits per heavy atom. The molecule has 0 aliphatic carbocycles. The van der Waals surface area contributed by atoms with E-state index in [1.807, 2.05) is 6.92 Å². The van der Waals surface area contributed by atoms with Crippen molar-refractivity contribution in [3.63, 3.8) is 0 Å². The van der Waals surface area contributed by atoms with Gasteiger partial charge in [0.1, 0.15) is 0 Å². The summed E-state index contributed by atoms with van der Waals surface area (Å²) in [5.74, 6) is 0.453. The van der Waals surface area contributed by atoms with E-state index < -0.39 is 0 Å². The smallest absolute Gasteiger partial charge is 0.231 e. The van der Waals surface area contributed by atoms with E-state index in [2.05, 4.69) is 12.2 Å². The molecule has 120 valence electrons. The van der Waals surface area contributed by atoms with Gasteiger partial charge in [-0.05, 0) is 24.6 Å². The van der Waals surface area contributed by atoms with E-state index in [0.29, 0.717) is 23.5 Å². The van der Waals surface area contributed by atoms with Gasteiger partial charge in [-0.15, -0.1) is 0 Å². The largest absolute Gasteiger partial charge is 0.454 e. The topological polar surface area (TPSA) is 64.6 Å². The molecule has 22 heavy (non-hydrogen) atoms. The summed E-state index contributed by atoms with van der Waals surface area (Å²) in [6, 6.07) is 5.16. The van der Waals surface area contributed by atoms with Crippen LogP contribution in [0.3, 0.4) is 0 Å². The first kappa shape index (κ1) is 16.3. The normalized spacial score (nSPS) is 15.2. The third-order valence-electron chi connectivity index (χ3n) is 4.13. The second kappa shape index (κ2) is 7.29. The van der Waals surface area contributed by atoms with E-state index in [1.165, 1.54) is 0 Å². The van der Waals surface area contributed by atoms with Gasteiger partial charge in [0.2, 0.25) is 12.7 Å². The van der Waals surface area contributed by atoms with Crippen LogP contribution in [0.2, 0.25) is 0 Å². The Morgan fingerprint density at radius 3 is 2.68 bits per heavy atom. The molecular weight excluding hydrogens is 282 g/mol. The number of amides is 1. The van der Waals surface area contributed by atoms with Gasteiger partial charge in [0.05, 0.1) is 0 Å². The number of carbonyl (C=O) groups is 2. The molecular formula is C17H23NO4. The SMILES string of the molecule is CCCCC(C(=O)NC)C(C)C(=O)c1ccc2c(c1)OCO2. The number of nitrogens with one attached hydrogen (secondary N) is 1. The molecule has 5 heteroatoms. The van der Waals surface area contributed by atoms with Crippen molar-refractivity contribution >= 4 is 11.7 Å². The number of unbranched alkanes of at least 4 members (excludes halogenated alkanes) is 1. The highest BCUT2D eigenvalue weighted by Crippen LogP contribution is 2.34. The average Bonchev–Trinajstić information content (AvgIpc) is 3.01. The summed E-state index contributed by atoms with van der Waals surface area (Å²) in [6.45, 7) is 4.08. The number of benzene rings is 1. The first-order valence-electron chi connectivity index (χ1n) is 7.74. The predicted molar refractivity (Wildman–Crippen MR) is 83.1 cm³/mol. The highest BCUT2D eigenvalue weighted by atomic mass is 16.7. The summed E-state index contributed by atoms with van der Waals surface area (Å²) in [5, 5.41) is 2.67. The Hall–Kier alpha value is -2.04. The van der Waals surface area contributed by atoms with Crippen LogP contribution in [0.25, 0.3) is 0 Å². The van der Waals surface area contributed by atoms with E-state index in [1.54, 1.807) is 25.2 Å². The number of ketones is 1. The van der Waals surface area contributed by atoms with Crippen LogP contribution in [0, 0.1) is 11.8 Å². The lowest BCUT2D eigenvalue weighted by Gasteiger charge is -2.21. The second-order valence-electron chi connectivity index (χ2n) is 5.58. The highest BCUT2D eigenvalue weighted by Gasteiger charge is 2.30. The zero-order chi connectivity index (χ0) is 16.1. The quantitative estimate of drug-likeness (QED) is 0.787. The van der Waals surface area contributed by atoms with Crippen molar-refractivity contribution in [3.05, 3.63) is 23.8 Å². The number of ether oxygens (including phenoxy) is 2. The number of Topliss-reactive ketones (excluding diaryl/α,β-unsaturated/α-hetero) is 1.